The molecule has 3 heterocycles. The van der Waals surface area contributed by atoms with Crippen molar-refractivity contribution < 1.29 is 19.1 Å². The van der Waals surface area contributed by atoms with Gasteiger partial charge >= 0.3 is 12.1 Å². The number of thiophene rings is 3. The van der Waals surface area contributed by atoms with Crippen molar-refractivity contribution in [3.05, 3.63) is 82.6 Å². The summed E-state index contributed by atoms with van der Waals surface area (Å²) in [6.07, 6.45) is -0.336. The van der Waals surface area contributed by atoms with Crippen LogP contribution < -0.4 is 5.32 Å². The van der Waals surface area contributed by atoms with E-state index in [1.807, 2.05) is 41.7 Å². The Morgan fingerprint density at radius 2 is 1.54 bits per heavy atom. The maximum atomic E-state index is 13.2. The molecule has 0 saturated carbocycles. The van der Waals surface area contributed by atoms with Crippen LogP contribution in [-0.2, 0) is 27.3 Å². The zero-order chi connectivity index (χ0) is 27.1. The summed E-state index contributed by atoms with van der Waals surface area (Å²) in [6, 6.07) is 21.8. The number of carbonyl (C=O) groups is 2. The number of ether oxygens (including phenoxy) is 2. The fourth-order valence-electron chi connectivity index (χ4n) is 4.78. The lowest BCUT2D eigenvalue weighted by Crippen LogP contribution is -2.45. The van der Waals surface area contributed by atoms with E-state index in [1.165, 1.54) is 35.6 Å². The fourth-order valence-corrected chi connectivity index (χ4v) is 7.70. The monoisotopic (exact) mass is 573 g/mol. The Bertz CT molecular complexity index is 1820. The SMILES string of the molecule is CC(C)(C)OC(=O)N[C@@H](Cc1ccccc1)C(=O)OCc1cc2c(ccc3sc4ccc5sccc5c4c32)s1. The number of benzene rings is 3. The van der Waals surface area contributed by atoms with Crippen molar-refractivity contribution in [1.82, 2.24) is 5.32 Å². The molecule has 39 heavy (non-hydrogen) atoms. The summed E-state index contributed by atoms with van der Waals surface area (Å²) in [5, 5.41) is 9.88. The Morgan fingerprint density at radius 3 is 2.28 bits per heavy atom. The molecule has 1 atom stereocenters. The maximum absolute atomic E-state index is 13.2. The standard InChI is InChI=1S/C31H27NO4S3/c1-31(2,3)36-30(34)32-22(15-18-7-5-4-6-8-18)29(33)35-17-19-16-21-24(38-19)10-12-26-28(21)27-20-13-14-37-23(20)9-11-25(27)39-26/h4-14,16,22H,15,17H2,1-3H3,(H,32,34)/t22-/m0/s1. The molecule has 0 spiro atoms. The van der Waals surface area contributed by atoms with Gasteiger partial charge in [0, 0.05) is 51.6 Å². The molecule has 0 unspecified atom stereocenters. The average molecular weight is 574 g/mol. The molecule has 0 saturated heterocycles. The molecule has 198 valence electrons. The van der Waals surface area contributed by atoms with Crippen molar-refractivity contribution in [3.8, 4) is 0 Å². The van der Waals surface area contributed by atoms with Crippen LogP contribution in [0.25, 0.3) is 40.3 Å². The quantitative estimate of drug-likeness (QED) is 0.203. The molecule has 0 aliphatic carbocycles. The van der Waals surface area contributed by atoms with E-state index in [0.717, 1.165) is 15.1 Å². The Morgan fingerprint density at radius 1 is 0.846 bits per heavy atom. The van der Waals surface area contributed by atoms with Crippen LogP contribution in [0, 0.1) is 0 Å². The summed E-state index contributed by atoms with van der Waals surface area (Å²) in [5.74, 6) is -0.492. The lowest BCUT2D eigenvalue weighted by Gasteiger charge is -2.23. The van der Waals surface area contributed by atoms with Gasteiger partial charge in [-0.15, -0.1) is 34.0 Å². The molecule has 0 aliphatic rings. The molecule has 1 amide bonds. The van der Waals surface area contributed by atoms with E-state index < -0.39 is 23.7 Å². The first-order chi connectivity index (χ1) is 18.7. The van der Waals surface area contributed by atoms with Crippen LogP contribution in [0.2, 0.25) is 0 Å². The lowest BCUT2D eigenvalue weighted by atomic mass is 10.1. The van der Waals surface area contributed by atoms with E-state index in [0.29, 0.717) is 6.42 Å². The lowest BCUT2D eigenvalue weighted by molar-refractivity contribution is -0.147. The topological polar surface area (TPSA) is 64.6 Å². The smallest absolute Gasteiger partial charge is 0.408 e. The molecule has 6 aromatic rings. The third kappa shape index (κ3) is 5.37. The minimum absolute atomic E-state index is 0.136. The number of alkyl carbamates (subject to hydrolysis) is 1. The van der Waals surface area contributed by atoms with E-state index >= 15 is 0 Å². The van der Waals surface area contributed by atoms with Gasteiger partial charge in [-0.3, -0.25) is 0 Å². The van der Waals surface area contributed by atoms with E-state index in [-0.39, 0.29) is 6.61 Å². The minimum atomic E-state index is -0.865. The molecule has 1 N–H and O–H groups in total. The molecule has 5 nitrogen and oxygen atoms in total. The van der Waals surface area contributed by atoms with E-state index in [4.69, 9.17) is 9.47 Å². The molecule has 8 heteroatoms. The van der Waals surface area contributed by atoms with Crippen LogP contribution in [0.15, 0.2) is 72.1 Å². The highest BCUT2D eigenvalue weighted by Crippen LogP contribution is 2.44. The zero-order valence-electron chi connectivity index (χ0n) is 21.8. The highest BCUT2D eigenvalue weighted by molar-refractivity contribution is 7.27. The first-order valence-corrected chi connectivity index (χ1v) is 15.2. The fraction of sp³-hybridized carbons (Fsp3) is 0.226. The van der Waals surface area contributed by atoms with Gasteiger partial charge in [0.2, 0.25) is 0 Å². The number of hydrogen-bond acceptors (Lipinski definition) is 7. The third-order valence-electron chi connectivity index (χ3n) is 6.40. The first kappa shape index (κ1) is 25.8. The Kier molecular flexibility index (Phi) is 6.79. The second-order valence-electron chi connectivity index (χ2n) is 10.4. The van der Waals surface area contributed by atoms with Crippen LogP contribution >= 0.6 is 34.0 Å². The van der Waals surface area contributed by atoms with Gasteiger partial charge in [-0.05, 0) is 68.1 Å². The van der Waals surface area contributed by atoms with Crippen molar-refractivity contribution in [2.24, 2.45) is 0 Å². The highest BCUT2D eigenvalue weighted by Gasteiger charge is 2.26. The maximum Gasteiger partial charge on any atom is 0.408 e. The normalized spacial score (nSPS) is 12.8. The van der Waals surface area contributed by atoms with Crippen LogP contribution in [0.1, 0.15) is 31.2 Å². The van der Waals surface area contributed by atoms with Crippen LogP contribution in [-0.4, -0.2) is 23.7 Å². The Hall–Kier alpha value is -3.46. The highest BCUT2D eigenvalue weighted by atomic mass is 32.1. The summed E-state index contributed by atoms with van der Waals surface area (Å²) in [5.41, 5.74) is 0.248. The molecule has 0 aliphatic heterocycles. The number of hydrogen-bond donors (Lipinski definition) is 1. The van der Waals surface area contributed by atoms with E-state index in [1.54, 1.807) is 43.4 Å². The number of amides is 1. The van der Waals surface area contributed by atoms with Crippen LogP contribution in [0.5, 0.6) is 0 Å². The van der Waals surface area contributed by atoms with Gasteiger partial charge in [0.15, 0.2) is 0 Å². The molecule has 0 bridgehead atoms. The third-order valence-corrected chi connectivity index (χ3v) is 9.47. The Balaban J connectivity index is 1.26. The van der Waals surface area contributed by atoms with Crippen molar-refractivity contribution in [2.45, 2.75) is 45.4 Å². The van der Waals surface area contributed by atoms with Gasteiger partial charge in [-0.2, -0.15) is 0 Å². The molecular weight excluding hydrogens is 547 g/mol. The van der Waals surface area contributed by atoms with Gasteiger partial charge in [0.25, 0.3) is 0 Å². The second-order valence-corrected chi connectivity index (χ2v) is 13.6. The number of rotatable bonds is 6. The van der Waals surface area contributed by atoms with Gasteiger partial charge < -0.3 is 14.8 Å². The number of esters is 1. The predicted molar refractivity (Wildman–Crippen MR) is 163 cm³/mol. The van der Waals surface area contributed by atoms with Crippen molar-refractivity contribution in [2.75, 3.05) is 0 Å². The predicted octanol–water partition coefficient (Wildman–Crippen LogP) is 8.66. The summed E-state index contributed by atoms with van der Waals surface area (Å²) in [6.45, 7) is 5.50. The molecule has 0 fully saturated rings. The molecule has 3 aromatic heterocycles. The number of carbonyl (C=O) groups excluding carboxylic acids is 2. The zero-order valence-corrected chi connectivity index (χ0v) is 24.2. The van der Waals surface area contributed by atoms with Crippen molar-refractivity contribution >= 4 is 86.4 Å². The summed E-state index contributed by atoms with van der Waals surface area (Å²) >= 11 is 5.19. The number of nitrogens with one attached hydrogen (secondary N) is 1. The van der Waals surface area contributed by atoms with Crippen LogP contribution in [0.4, 0.5) is 4.79 Å². The molecular formula is C31H27NO4S3. The second kappa shape index (κ2) is 10.3. The van der Waals surface area contributed by atoms with E-state index in [2.05, 4.69) is 47.1 Å². The van der Waals surface area contributed by atoms with Gasteiger partial charge in [0.05, 0.1) is 0 Å². The number of fused-ring (bicyclic) bond motifs is 7. The molecule has 3 aromatic carbocycles. The summed E-state index contributed by atoms with van der Waals surface area (Å²) in [7, 11) is 0. The largest absolute Gasteiger partial charge is 0.458 e. The van der Waals surface area contributed by atoms with Gasteiger partial charge in [0.1, 0.15) is 18.2 Å². The molecule has 6 rings (SSSR count). The Labute approximate surface area is 238 Å². The van der Waals surface area contributed by atoms with E-state index in [9.17, 15) is 9.59 Å². The minimum Gasteiger partial charge on any atom is -0.458 e. The van der Waals surface area contributed by atoms with Crippen molar-refractivity contribution in [1.29, 1.82) is 0 Å². The van der Waals surface area contributed by atoms with Crippen molar-refractivity contribution in [3.63, 3.8) is 0 Å². The summed E-state index contributed by atoms with van der Waals surface area (Å²) in [4.78, 5) is 26.7. The molecule has 0 radical (unpaired) electrons. The van der Waals surface area contributed by atoms with Gasteiger partial charge in [-0.25, -0.2) is 9.59 Å². The van der Waals surface area contributed by atoms with Crippen LogP contribution in [0.3, 0.4) is 0 Å². The average Bonchev–Trinajstić information content (AvgIpc) is 3.61. The van der Waals surface area contributed by atoms with Gasteiger partial charge in [-0.1, -0.05) is 30.3 Å². The summed E-state index contributed by atoms with van der Waals surface area (Å²) < 4.78 is 16.1. The first-order valence-electron chi connectivity index (χ1n) is 12.7.